The molecule has 8 nitrogen and oxygen atoms in total. The third-order valence-corrected chi connectivity index (χ3v) is 8.92. The van der Waals surface area contributed by atoms with E-state index in [1.807, 2.05) is 56.1 Å². The first kappa shape index (κ1) is 27.8. The Hall–Kier alpha value is -2.72. The van der Waals surface area contributed by atoms with Crippen molar-refractivity contribution in [3.05, 3.63) is 67.9 Å². The van der Waals surface area contributed by atoms with Gasteiger partial charge in [-0.1, -0.05) is 16.8 Å². The Bertz CT molecular complexity index is 1470. The highest BCUT2D eigenvalue weighted by Crippen LogP contribution is 2.54. The van der Waals surface area contributed by atoms with Gasteiger partial charge in [-0.3, -0.25) is 4.79 Å². The van der Waals surface area contributed by atoms with Crippen LogP contribution in [0.4, 0.5) is 4.39 Å². The number of nitrogens with zero attached hydrogens (tertiary/aromatic N) is 4. The molecule has 2 aliphatic carbocycles. The molecule has 1 amide bonds. The predicted molar refractivity (Wildman–Crippen MR) is 149 cm³/mol. The summed E-state index contributed by atoms with van der Waals surface area (Å²) < 4.78 is 24.4. The number of aryl methyl sites for hydroxylation is 1. The molecule has 0 atom stereocenters. The van der Waals surface area contributed by atoms with Crippen LogP contribution < -0.4 is 5.32 Å². The van der Waals surface area contributed by atoms with Gasteiger partial charge in [-0.25, -0.2) is 13.9 Å². The van der Waals surface area contributed by atoms with E-state index in [9.17, 15) is 14.0 Å². The van der Waals surface area contributed by atoms with Gasteiger partial charge in [-0.05, 0) is 101 Å². The summed E-state index contributed by atoms with van der Waals surface area (Å²) in [7, 11) is 0. The van der Waals surface area contributed by atoms with Gasteiger partial charge in [0.15, 0.2) is 5.82 Å². The van der Waals surface area contributed by atoms with Gasteiger partial charge in [0.05, 0.1) is 38.9 Å². The molecule has 0 aliphatic heterocycles. The molecule has 208 valence electrons. The maximum Gasteiger partial charge on any atom is 0.340 e. The molecule has 0 saturated heterocycles. The van der Waals surface area contributed by atoms with E-state index < -0.39 is 22.9 Å². The predicted octanol–water partition coefficient (Wildman–Crippen LogP) is 6.10. The summed E-state index contributed by atoms with van der Waals surface area (Å²) in [4.78, 5) is 25.8. The van der Waals surface area contributed by atoms with Gasteiger partial charge in [0.2, 0.25) is 0 Å². The number of halogens is 3. The first-order chi connectivity index (χ1) is 18.2. The van der Waals surface area contributed by atoms with Crippen molar-refractivity contribution in [1.29, 1.82) is 0 Å². The zero-order chi connectivity index (χ0) is 28.3. The van der Waals surface area contributed by atoms with Crippen molar-refractivity contribution in [2.24, 2.45) is 0 Å². The molecule has 0 radical (unpaired) electrons. The number of esters is 1. The average Bonchev–Trinajstić information content (AvgIpc) is 3.60. The summed E-state index contributed by atoms with van der Waals surface area (Å²) >= 11 is 9.31. The van der Waals surface area contributed by atoms with Gasteiger partial charge in [-0.15, -0.1) is 5.10 Å². The van der Waals surface area contributed by atoms with Crippen molar-refractivity contribution in [3.8, 4) is 0 Å². The van der Waals surface area contributed by atoms with Crippen LogP contribution in [-0.2, 0) is 16.8 Å². The van der Waals surface area contributed by atoms with Gasteiger partial charge in [0.1, 0.15) is 11.3 Å². The fourth-order valence-corrected chi connectivity index (χ4v) is 6.61. The average molecular weight is 621 g/mol. The third kappa shape index (κ3) is 5.13. The molecule has 1 N–H and O–H groups in total. The summed E-state index contributed by atoms with van der Waals surface area (Å²) in [5.74, 6) is -1.51. The minimum atomic E-state index is -0.662. The summed E-state index contributed by atoms with van der Waals surface area (Å²) in [6.45, 7) is 9.88. The van der Waals surface area contributed by atoms with Crippen LogP contribution in [0.3, 0.4) is 0 Å². The quantitative estimate of drug-likeness (QED) is 0.266. The third-order valence-electron chi connectivity index (χ3n) is 7.99. The van der Waals surface area contributed by atoms with E-state index in [0.29, 0.717) is 18.5 Å². The molecular formula is C28H32BrClFN5O3. The van der Waals surface area contributed by atoms with Crippen molar-refractivity contribution in [1.82, 2.24) is 24.9 Å². The molecule has 0 unspecified atom stereocenters. The second kappa shape index (κ2) is 9.73. The van der Waals surface area contributed by atoms with Crippen molar-refractivity contribution in [3.63, 3.8) is 0 Å². The fraction of sp³-hybridized carbons (Fsp3) is 0.500. The lowest BCUT2D eigenvalue weighted by Crippen LogP contribution is -2.45. The van der Waals surface area contributed by atoms with E-state index in [2.05, 4.69) is 31.6 Å². The minimum absolute atomic E-state index is 0.0817. The largest absolute Gasteiger partial charge is 0.456 e. The Balaban J connectivity index is 1.31. The summed E-state index contributed by atoms with van der Waals surface area (Å²) in [6, 6.07) is 4.84. The second-order valence-electron chi connectivity index (χ2n) is 11.9. The molecule has 3 aromatic rings. The SMILES string of the molecule is Cc1cc(C(=O)OC(C)(C)C)c(C)n1Cc1cn(C23CCC(NC(=O)c4c(Cl)ccc(Br)c4F)(CC2)C3)nn1. The topological polar surface area (TPSA) is 91.0 Å². The Morgan fingerprint density at radius 1 is 1.21 bits per heavy atom. The maximum atomic E-state index is 14.7. The van der Waals surface area contributed by atoms with Crippen LogP contribution in [0.15, 0.2) is 28.9 Å². The van der Waals surface area contributed by atoms with Gasteiger partial charge >= 0.3 is 5.97 Å². The van der Waals surface area contributed by atoms with E-state index in [-0.39, 0.29) is 26.6 Å². The highest BCUT2D eigenvalue weighted by molar-refractivity contribution is 9.10. The number of amides is 1. The molecular weight excluding hydrogens is 589 g/mol. The van der Waals surface area contributed by atoms with Gasteiger partial charge in [-0.2, -0.15) is 0 Å². The maximum absolute atomic E-state index is 14.7. The number of hydrogen-bond donors (Lipinski definition) is 1. The monoisotopic (exact) mass is 619 g/mol. The van der Waals surface area contributed by atoms with Crippen LogP contribution in [0, 0.1) is 19.7 Å². The summed E-state index contributed by atoms with van der Waals surface area (Å²) in [6.07, 6.45) is 5.82. The van der Waals surface area contributed by atoms with E-state index in [1.165, 1.54) is 12.1 Å². The highest BCUT2D eigenvalue weighted by Gasteiger charge is 2.56. The lowest BCUT2D eigenvalue weighted by Gasteiger charge is -2.28. The molecule has 2 aromatic heterocycles. The molecule has 1 aromatic carbocycles. The molecule has 39 heavy (non-hydrogen) atoms. The second-order valence-corrected chi connectivity index (χ2v) is 13.1. The highest BCUT2D eigenvalue weighted by atomic mass is 79.9. The lowest BCUT2D eigenvalue weighted by atomic mass is 9.91. The molecule has 2 aliphatic rings. The van der Waals surface area contributed by atoms with E-state index >= 15 is 0 Å². The zero-order valence-electron chi connectivity index (χ0n) is 22.7. The number of aromatic nitrogens is 4. The van der Waals surface area contributed by atoms with Gasteiger partial charge < -0.3 is 14.6 Å². The number of benzene rings is 1. The Kier molecular flexibility index (Phi) is 6.94. The van der Waals surface area contributed by atoms with Gasteiger partial charge in [0.25, 0.3) is 5.91 Å². The van der Waals surface area contributed by atoms with Crippen molar-refractivity contribution in [2.75, 3.05) is 0 Å². The van der Waals surface area contributed by atoms with Crippen LogP contribution in [0.2, 0.25) is 5.02 Å². The molecule has 2 fully saturated rings. The normalized spacial score (nSPS) is 22.4. The van der Waals surface area contributed by atoms with Crippen molar-refractivity contribution >= 4 is 39.4 Å². The van der Waals surface area contributed by atoms with E-state index in [1.54, 1.807) is 0 Å². The first-order valence-electron chi connectivity index (χ1n) is 13.0. The standard InChI is InChI=1S/C28H32BrClFN5O3/c1-16-12-19(25(38)39-26(3,4)5)17(2)35(16)13-18-14-36(34-33-18)28-10-8-27(15-28,9-11-28)32-24(37)22-21(30)7-6-20(29)23(22)31/h6-7,12,14H,8-11,13,15H2,1-5H3,(H,32,37). The Morgan fingerprint density at radius 3 is 2.56 bits per heavy atom. The molecule has 5 rings (SSSR count). The molecule has 11 heteroatoms. The lowest BCUT2D eigenvalue weighted by molar-refractivity contribution is 0.00684. The number of carbonyl (C=O) groups excluding carboxylic acids is 2. The fourth-order valence-electron chi connectivity index (χ4n) is 6.04. The Morgan fingerprint density at radius 2 is 1.90 bits per heavy atom. The van der Waals surface area contributed by atoms with E-state index in [4.69, 9.17) is 16.3 Å². The zero-order valence-corrected chi connectivity index (χ0v) is 25.0. The van der Waals surface area contributed by atoms with Crippen LogP contribution >= 0.6 is 27.5 Å². The summed E-state index contributed by atoms with van der Waals surface area (Å²) in [5.41, 5.74) is 1.64. The molecule has 2 saturated carbocycles. The van der Waals surface area contributed by atoms with E-state index in [0.717, 1.165) is 42.8 Å². The number of rotatable bonds is 6. The molecule has 0 spiro atoms. The van der Waals surface area contributed by atoms with Crippen LogP contribution in [0.25, 0.3) is 0 Å². The molecule has 2 bridgehead atoms. The number of fused-ring (bicyclic) bond motifs is 2. The van der Waals surface area contributed by atoms with Crippen LogP contribution in [0.5, 0.6) is 0 Å². The van der Waals surface area contributed by atoms with Gasteiger partial charge in [0, 0.05) is 16.9 Å². The smallest absolute Gasteiger partial charge is 0.340 e. The first-order valence-corrected chi connectivity index (χ1v) is 14.2. The van der Waals surface area contributed by atoms with Crippen LogP contribution in [0.1, 0.15) is 90.7 Å². The molecule has 2 heterocycles. The number of carbonyl (C=O) groups is 2. The van der Waals surface area contributed by atoms with Crippen LogP contribution in [-0.4, -0.2) is 42.6 Å². The number of hydrogen-bond acceptors (Lipinski definition) is 5. The van der Waals surface area contributed by atoms with Crippen molar-refractivity contribution in [2.45, 2.75) is 89.9 Å². The number of ether oxygens (including phenoxy) is 1. The number of nitrogens with one attached hydrogen (secondary N) is 1. The summed E-state index contributed by atoms with van der Waals surface area (Å²) in [5, 5.41) is 12.1. The minimum Gasteiger partial charge on any atom is -0.456 e. The van der Waals surface area contributed by atoms with Crippen molar-refractivity contribution < 1.29 is 18.7 Å². The Labute approximate surface area is 240 Å².